The summed E-state index contributed by atoms with van der Waals surface area (Å²) in [5.41, 5.74) is 1.37. The smallest absolute Gasteiger partial charge is 0.207 e. The van der Waals surface area contributed by atoms with Crippen molar-refractivity contribution >= 4 is 6.41 Å². The van der Waals surface area contributed by atoms with Gasteiger partial charge in [0.05, 0.1) is 0 Å². The van der Waals surface area contributed by atoms with Gasteiger partial charge in [0.2, 0.25) is 6.41 Å². The number of hydrogen-bond donors (Lipinski definition) is 2. The van der Waals surface area contributed by atoms with E-state index in [0.29, 0.717) is 0 Å². The van der Waals surface area contributed by atoms with Gasteiger partial charge in [-0.25, -0.2) is 0 Å². The minimum Gasteiger partial charge on any atom is -0.358 e. The van der Waals surface area contributed by atoms with E-state index in [0.717, 1.165) is 38.4 Å². The molecule has 1 saturated heterocycles. The molecule has 68 valence electrons. The quantitative estimate of drug-likeness (QED) is 0.352. The van der Waals surface area contributed by atoms with E-state index in [2.05, 4.69) is 23.6 Å². The number of carbonyl (C=O) groups is 1. The van der Waals surface area contributed by atoms with Crippen LogP contribution < -0.4 is 10.6 Å². The largest absolute Gasteiger partial charge is 0.358 e. The van der Waals surface area contributed by atoms with E-state index in [1.54, 1.807) is 0 Å². The monoisotopic (exact) mass is 168 g/mol. The maximum absolute atomic E-state index is 9.94. The van der Waals surface area contributed by atoms with Gasteiger partial charge in [-0.1, -0.05) is 11.6 Å². The lowest BCUT2D eigenvalue weighted by molar-refractivity contribution is -0.109. The van der Waals surface area contributed by atoms with Gasteiger partial charge in [0.15, 0.2) is 0 Å². The third kappa shape index (κ3) is 3.05. The molecule has 0 saturated carbocycles. The fraction of sp³-hybridized carbons (Fsp3) is 0.667. The number of carbonyl (C=O) groups excluding carboxylic acids is 1. The Morgan fingerprint density at radius 2 is 2.42 bits per heavy atom. The molecular weight excluding hydrogens is 152 g/mol. The highest BCUT2D eigenvalue weighted by atomic mass is 16.1. The summed E-state index contributed by atoms with van der Waals surface area (Å²) in [6.07, 6.45) is 4.01. The van der Waals surface area contributed by atoms with E-state index in [1.807, 2.05) is 0 Å². The molecule has 1 aliphatic heterocycles. The lowest BCUT2D eigenvalue weighted by atomic mass is 9.99. The standard InChI is InChI=1S/C9H16N2O/c1-8(2-3-10-7-12)4-9-5-11-6-9/h4,7,9,11H,2-3,5-6H2,1H3,(H,10,12)/b8-4-. The Labute approximate surface area is 73.2 Å². The van der Waals surface area contributed by atoms with Crippen LogP contribution in [0.1, 0.15) is 13.3 Å². The van der Waals surface area contributed by atoms with Gasteiger partial charge in [-0.15, -0.1) is 0 Å². The van der Waals surface area contributed by atoms with Gasteiger partial charge >= 0.3 is 0 Å². The minimum atomic E-state index is 0.723. The summed E-state index contributed by atoms with van der Waals surface area (Å²) >= 11 is 0. The molecule has 2 N–H and O–H groups in total. The Hall–Kier alpha value is -0.830. The molecule has 1 amide bonds. The molecular formula is C9H16N2O. The van der Waals surface area contributed by atoms with E-state index in [4.69, 9.17) is 0 Å². The highest BCUT2D eigenvalue weighted by molar-refractivity contribution is 5.45. The summed E-state index contributed by atoms with van der Waals surface area (Å²) in [4.78, 5) is 9.94. The summed E-state index contributed by atoms with van der Waals surface area (Å²) in [5, 5.41) is 5.87. The summed E-state index contributed by atoms with van der Waals surface area (Å²) < 4.78 is 0. The Morgan fingerprint density at radius 3 is 2.92 bits per heavy atom. The van der Waals surface area contributed by atoms with Crippen LogP contribution in [0.5, 0.6) is 0 Å². The molecule has 1 heterocycles. The highest BCUT2D eigenvalue weighted by Gasteiger charge is 2.13. The number of amides is 1. The number of rotatable bonds is 5. The van der Waals surface area contributed by atoms with Crippen LogP contribution in [-0.2, 0) is 4.79 Å². The van der Waals surface area contributed by atoms with Crippen LogP contribution in [0, 0.1) is 5.92 Å². The van der Waals surface area contributed by atoms with Crippen LogP contribution in [0.25, 0.3) is 0 Å². The second-order valence-electron chi connectivity index (χ2n) is 3.25. The van der Waals surface area contributed by atoms with E-state index in [-0.39, 0.29) is 0 Å². The normalized spacial score (nSPS) is 18.6. The Bertz CT molecular complexity index is 173. The van der Waals surface area contributed by atoms with E-state index in [9.17, 15) is 4.79 Å². The van der Waals surface area contributed by atoms with Crippen LogP contribution in [0.3, 0.4) is 0 Å². The molecule has 3 nitrogen and oxygen atoms in total. The van der Waals surface area contributed by atoms with Crippen molar-refractivity contribution in [3.63, 3.8) is 0 Å². The van der Waals surface area contributed by atoms with Crippen LogP contribution in [-0.4, -0.2) is 26.0 Å². The lowest BCUT2D eigenvalue weighted by Gasteiger charge is -2.24. The topological polar surface area (TPSA) is 41.1 Å². The molecule has 1 rings (SSSR count). The minimum absolute atomic E-state index is 0.723. The number of nitrogens with one attached hydrogen (secondary N) is 2. The molecule has 0 bridgehead atoms. The first kappa shape index (κ1) is 9.26. The predicted molar refractivity (Wildman–Crippen MR) is 48.8 cm³/mol. The zero-order chi connectivity index (χ0) is 8.81. The Morgan fingerprint density at radius 1 is 1.67 bits per heavy atom. The maximum Gasteiger partial charge on any atom is 0.207 e. The molecule has 0 aromatic carbocycles. The maximum atomic E-state index is 9.94. The van der Waals surface area contributed by atoms with Gasteiger partial charge in [0.1, 0.15) is 0 Å². The summed E-state index contributed by atoms with van der Waals surface area (Å²) in [7, 11) is 0. The average molecular weight is 168 g/mol. The van der Waals surface area contributed by atoms with Crippen LogP contribution in [0.2, 0.25) is 0 Å². The lowest BCUT2D eigenvalue weighted by Crippen LogP contribution is -2.40. The molecule has 0 aromatic rings. The van der Waals surface area contributed by atoms with E-state index in [1.165, 1.54) is 5.57 Å². The zero-order valence-electron chi connectivity index (χ0n) is 7.47. The Balaban J connectivity index is 2.12. The van der Waals surface area contributed by atoms with E-state index < -0.39 is 0 Å². The van der Waals surface area contributed by atoms with Crippen LogP contribution >= 0.6 is 0 Å². The molecule has 12 heavy (non-hydrogen) atoms. The van der Waals surface area contributed by atoms with Crippen molar-refractivity contribution in [3.05, 3.63) is 11.6 Å². The molecule has 0 atom stereocenters. The van der Waals surface area contributed by atoms with Gasteiger partial charge in [0, 0.05) is 25.6 Å². The fourth-order valence-electron chi connectivity index (χ4n) is 1.24. The van der Waals surface area contributed by atoms with Crippen molar-refractivity contribution in [3.8, 4) is 0 Å². The van der Waals surface area contributed by atoms with Crippen molar-refractivity contribution in [2.45, 2.75) is 13.3 Å². The molecule has 0 aliphatic carbocycles. The van der Waals surface area contributed by atoms with Crippen molar-refractivity contribution in [1.29, 1.82) is 0 Å². The van der Waals surface area contributed by atoms with Crippen LogP contribution in [0.15, 0.2) is 11.6 Å². The van der Waals surface area contributed by atoms with Crippen molar-refractivity contribution in [2.75, 3.05) is 19.6 Å². The van der Waals surface area contributed by atoms with Crippen molar-refractivity contribution in [2.24, 2.45) is 5.92 Å². The molecule has 1 fully saturated rings. The Kier molecular flexibility index (Phi) is 3.80. The number of hydrogen-bond acceptors (Lipinski definition) is 2. The summed E-state index contributed by atoms with van der Waals surface area (Å²) in [5.74, 6) is 0.723. The van der Waals surface area contributed by atoms with Gasteiger partial charge in [0.25, 0.3) is 0 Å². The fourth-order valence-corrected chi connectivity index (χ4v) is 1.24. The average Bonchev–Trinajstić information content (AvgIpc) is 1.98. The zero-order valence-corrected chi connectivity index (χ0v) is 7.47. The van der Waals surface area contributed by atoms with Gasteiger partial charge < -0.3 is 10.6 Å². The molecule has 0 unspecified atom stereocenters. The first-order valence-electron chi connectivity index (χ1n) is 4.38. The molecule has 0 spiro atoms. The molecule has 3 heteroatoms. The SMILES string of the molecule is C/C(=C/C1CNC1)CCNC=O. The van der Waals surface area contributed by atoms with E-state index >= 15 is 0 Å². The second kappa shape index (κ2) is 4.93. The summed E-state index contributed by atoms with van der Waals surface area (Å²) in [6.45, 7) is 5.09. The molecule has 1 aliphatic rings. The predicted octanol–water partition coefficient (Wildman–Crippen LogP) is 0.288. The summed E-state index contributed by atoms with van der Waals surface area (Å²) in [6, 6.07) is 0. The van der Waals surface area contributed by atoms with Gasteiger partial charge in [-0.3, -0.25) is 4.79 Å². The first-order valence-corrected chi connectivity index (χ1v) is 4.38. The van der Waals surface area contributed by atoms with Gasteiger partial charge in [-0.2, -0.15) is 0 Å². The first-order chi connectivity index (χ1) is 5.83. The third-order valence-corrected chi connectivity index (χ3v) is 2.08. The van der Waals surface area contributed by atoms with Gasteiger partial charge in [-0.05, 0) is 13.3 Å². The highest BCUT2D eigenvalue weighted by Crippen LogP contribution is 2.09. The molecule has 0 radical (unpaired) electrons. The van der Waals surface area contributed by atoms with Crippen molar-refractivity contribution < 1.29 is 4.79 Å². The van der Waals surface area contributed by atoms with Crippen molar-refractivity contribution in [1.82, 2.24) is 10.6 Å². The van der Waals surface area contributed by atoms with Crippen LogP contribution in [0.4, 0.5) is 0 Å². The third-order valence-electron chi connectivity index (χ3n) is 2.08. The second-order valence-corrected chi connectivity index (χ2v) is 3.25. The molecule has 0 aromatic heterocycles.